The topological polar surface area (TPSA) is 61.8 Å². The van der Waals surface area contributed by atoms with Crippen LogP contribution in [0.5, 0.6) is 0 Å². The van der Waals surface area contributed by atoms with Gasteiger partial charge < -0.3 is 9.64 Å². The lowest BCUT2D eigenvalue weighted by atomic mass is 9.61. The molecule has 5 heterocycles. The number of nitrogens with zero attached hydrogens (tertiary/aromatic N) is 5. The molecule has 2 unspecified atom stereocenters. The number of rotatable bonds is 4. The molecule has 1 aliphatic carbocycles. The molecule has 180 valence electrons. The Kier molecular flexibility index (Phi) is 4.98. The lowest BCUT2D eigenvalue weighted by Crippen LogP contribution is -2.71. The number of carbonyl (C=O) groups excluding carboxylic acids is 1. The fraction of sp³-hybridized carbons (Fsp3) is 0.542. The summed E-state index contributed by atoms with van der Waals surface area (Å²) in [5.74, 6) is 0.265. The standard InChI is InChI=1S/C24H26F3N5O2/c25-24(26,27)17-9-28-21(29-10-17)31-12-18-6-19(13-31)32(18)22(33)34-20-7-23(8-20)14-30(15-23)11-16-4-2-1-3-5-16/h1-5,9-10,18-20H,6-8,11-15H2. The fourth-order valence-corrected chi connectivity index (χ4v) is 6.01. The van der Waals surface area contributed by atoms with Crippen molar-refractivity contribution in [3.05, 3.63) is 53.9 Å². The number of hydrogen-bond donors (Lipinski definition) is 0. The van der Waals surface area contributed by atoms with E-state index in [4.69, 9.17) is 4.74 Å². The van der Waals surface area contributed by atoms with Crippen molar-refractivity contribution in [3.63, 3.8) is 0 Å². The number of amides is 1. The Hall–Kier alpha value is -2.88. The van der Waals surface area contributed by atoms with E-state index >= 15 is 0 Å². The second kappa shape index (κ2) is 7.83. The Balaban J connectivity index is 0.961. The van der Waals surface area contributed by atoms with Crippen LogP contribution in [-0.4, -0.2) is 70.2 Å². The lowest BCUT2D eigenvalue weighted by Gasteiger charge is -2.59. The van der Waals surface area contributed by atoms with Crippen LogP contribution in [0.15, 0.2) is 42.7 Å². The van der Waals surface area contributed by atoms with Crippen LogP contribution < -0.4 is 4.90 Å². The van der Waals surface area contributed by atoms with Gasteiger partial charge in [0.25, 0.3) is 0 Å². The third-order valence-corrected chi connectivity index (χ3v) is 7.61. The van der Waals surface area contributed by atoms with Crippen molar-refractivity contribution in [2.45, 2.75) is 50.2 Å². The van der Waals surface area contributed by atoms with E-state index in [1.807, 2.05) is 11.0 Å². The average molecular weight is 473 g/mol. The Morgan fingerprint density at radius 2 is 1.71 bits per heavy atom. The molecule has 4 aliphatic heterocycles. The molecule has 0 radical (unpaired) electrons. The number of ether oxygens (including phenoxy) is 1. The monoisotopic (exact) mass is 473 g/mol. The second-order valence-electron chi connectivity index (χ2n) is 10.2. The highest BCUT2D eigenvalue weighted by molar-refractivity contribution is 5.71. The SMILES string of the molecule is O=C(OC1CC2(C1)CN(Cc1ccccc1)C2)N1C2CC1CN(c1ncc(C(F)(F)F)cn1)C2. The van der Waals surface area contributed by atoms with Crippen molar-refractivity contribution >= 4 is 12.0 Å². The molecule has 7 rings (SSSR count). The highest BCUT2D eigenvalue weighted by atomic mass is 19.4. The number of alkyl halides is 3. The quantitative estimate of drug-likeness (QED) is 0.677. The van der Waals surface area contributed by atoms with E-state index < -0.39 is 11.7 Å². The molecule has 2 bridgehead atoms. The number of fused-ring (bicyclic) bond motifs is 2. The summed E-state index contributed by atoms with van der Waals surface area (Å²) in [5, 5.41) is 0. The highest BCUT2D eigenvalue weighted by Crippen LogP contribution is 2.50. The van der Waals surface area contributed by atoms with Crippen molar-refractivity contribution < 1.29 is 22.7 Å². The van der Waals surface area contributed by atoms with Gasteiger partial charge in [-0.15, -0.1) is 0 Å². The maximum atomic E-state index is 12.8. The minimum absolute atomic E-state index is 0.0174. The van der Waals surface area contributed by atoms with Gasteiger partial charge in [0.1, 0.15) is 6.10 Å². The zero-order valence-corrected chi connectivity index (χ0v) is 18.6. The van der Waals surface area contributed by atoms with Crippen LogP contribution in [0, 0.1) is 5.41 Å². The summed E-state index contributed by atoms with van der Waals surface area (Å²) in [7, 11) is 0. The second-order valence-corrected chi connectivity index (χ2v) is 10.2. The zero-order chi connectivity index (χ0) is 23.5. The first-order valence-electron chi connectivity index (χ1n) is 11.7. The van der Waals surface area contributed by atoms with E-state index in [0.717, 1.165) is 51.3 Å². The third kappa shape index (κ3) is 3.87. The maximum Gasteiger partial charge on any atom is 0.419 e. The van der Waals surface area contributed by atoms with Gasteiger partial charge in [-0.2, -0.15) is 13.2 Å². The van der Waals surface area contributed by atoms with Crippen LogP contribution >= 0.6 is 0 Å². The molecule has 0 N–H and O–H groups in total. The third-order valence-electron chi connectivity index (χ3n) is 7.61. The lowest BCUT2D eigenvalue weighted by molar-refractivity contribution is -0.142. The number of piperidine rings is 1. The summed E-state index contributed by atoms with van der Waals surface area (Å²) < 4.78 is 44.0. The summed E-state index contributed by atoms with van der Waals surface area (Å²) in [5.41, 5.74) is 0.748. The Morgan fingerprint density at radius 1 is 1.06 bits per heavy atom. The molecule has 1 spiro atoms. The van der Waals surface area contributed by atoms with Crippen LogP contribution in [0.3, 0.4) is 0 Å². The number of piperazine rings is 1. The molecule has 1 aromatic carbocycles. The molecule has 2 atom stereocenters. The Bertz CT molecular complexity index is 1040. The van der Waals surface area contributed by atoms with Gasteiger partial charge in [0.2, 0.25) is 5.95 Å². The number of likely N-dealkylation sites (tertiary alicyclic amines) is 1. The van der Waals surface area contributed by atoms with Gasteiger partial charge in [-0.05, 0) is 24.8 Å². The maximum absolute atomic E-state index is 12.8. The number of carbonyl (C=O) groups is 1. The van der Waals surface area contributed by atoms with Gasteiger partial charge in [0.15, 0.2) is 0 Å². The number of benzene rings is 1. The molecule has 1 amide bonds. The first kappa shape index (κ1) is 21.6. The number of aromatic nitrogens is 2. The Labute approximate surface area is 195 Å². The summed E-state index contributed by atoms with van der Waals surface area (Å²) in [4.78, 5) is 26.6. The summed E-state index contributed by atoms with van der Waals surface area (Å²) in [6.45, 7) is 4.06. The molecule has 2 aromatic rings. The molecule has 7 nitrogen and oxygen atoms in total. The van der Waals surface area contributed by atoms with Crippen LogP contribution in [0.1, 0.15) is 30.4 Å². The van der Waals surface area contributed by atoms with Crippen LogP contribution in [0.2, 0.25) is 0 Å². The van der Waals surface area contributed by atoms with Crippen molar-refractivity contribution in [3.8, 4) is 0 Å². The van der Waals surface area contributed by atoms with Gasteiger partial charge >= 0.3 is 12.3 Å². The van der Waals surface area contributed by atoms with Gasteiger partial charge in [-0.1, -0.05) is 30.3 Å². The van der Waals surface area contributed by atoms with E-state index in [1.165, 1.54) is 5.56 Å². The van der Waals surface area contributed by atoms with Gasteiger partial charge in [0.05, 0.1) is 17.6 Å². The van der Waals surface area contributed by atoms with Crippen molar-refractivity contribution in [1.82, 2.24) is 19.8 Å². The van der Waals surface area contributed by atoms with Crippen LogP contribution in [0.4, 0.5) is 23.9 Å². The normalized spacial score (nSPS) is 26.0. The van der Waals surface area contributed by atoms with Gasteiger partial charge in [0, 0.05) is 50.5 Å². The van der Waals surface area contributed by atoms with E-state index in [0.29, 0.717) is 18.5 Å². The summed E-state index contributed by atoms with van der Waals surface area (Å²) in [6, 6.07) is 10.4. The Morgan fingerprint density at radius 3 is 2.32 bits per heavy atom. The highest BCUT2D eigenvalue weighted by Gasteiger charge is 2.55. The minimum atomic E-state index is -4.46. The smallest absolute Gasteiger partial charge is 0.419 e. The predicted molar refractivity (Wildman–Crippen MR) is 117 cm³/mol. The van der Waals surface area contributed by atoms with Crippen molar-refractivity contribution in [2.75, 3.05) is 31.1 Å². The van der Waals surface area contributed by atoms with Crippen molar-refractivity contribution in [1.29, 1.82) is 0 Å². The molecule has 4 saturated heterocycles. The summed E-state index contributed by atoms with van der Waals surface area (Å²) in [6.07, 6.45) is -0.433. The van der Waals surface area contributed by atoms with Crippen LogP contribution in [0.25, 0.3) is 0 Å². The number of hydrogen-bond acceptors (Lipinski definition) is 6. The number of anilines is 1. The van der Waals surface area contributed by atoms with Gasteiger partial charge in [-0.25, -0.2) is 14.8 Å². The van der Waals surface area contributed by atoms with E-state index in [9.17, 15) is 18.0 Å². The van der Waals surface area contributed by atoms with E-state index in [1.54, 1.807) is 4.90 Å². The fourth-order valence-electron chi connectivity index (χ4n) is 6.01. The molecule has 1 aromatic heterocycles. The predicted octanol–water partition coefficient (Wildman–Crippen LogP) is 3.56. The molecule has 5 fully saturated rings. The first-order chi connectivity index (χ1) is 16.3. The average Bonchev–Trinajstić information content (AvgIpc) is 2.76. The molecule has 10 heteroatoms. The van der Waals surface area contributed by atoms with Crippen molar-refractivity contribution in [2.24, 2.45) is 5.41 Å². The molecule has 5 aliphatic rings. The largest absolute Gasteiger partial charge is 0.446 e. The van der Waals surface area contributed by atoms with E-state index in [2.05, 4.69) is 39.1 Å². The molecule has 1 saturated carbocycles. The molecular formula is C24H26F3N5O2. The molecule has 34 heavy (non-hydrogen) atoms. The minimum Gasteiger partial charge on any atom is -0.446 e. The van der Waals surface area contributed by atoms with Crippen LogP contribution in [-0.2, 0) is 17.5 Å². The molecular weight excluding hydrogens is 447 g/mol. The zero-order valence-electron chi connectivity index (χ0n) is 18.6. The number of halogens is 3. The summed E-state index contributed by atoms with van der Waals surface area (Å²) >= 11 is 0. The van der Waals surface area contributed by atoms with E-state index in [-0.39, 0.29) is 30.2 Å². The first-order valence-corrected chi connectivity index (χ1v) is 11.7. The van der Waals surface area contributed by atoms with Gasteiger partial charge in [-0.3, -0.25) is 9.80 Å².